The molecular formula is C8H7F3O4S2. The maximum Gasteiger partial charge on any atom is 0.425 e. The number of carbonyl (C=O) groups excluding carboxylic acids is 1. The zero-order valence-corrected chi connectivity index (χ0v) is 10.3. The number of ether oxygens (including phenoxy) is 1. The normalized spacial score (nSPS) is 12.5. The number of halogens is 3. The van der Waals surface area contributed by atoms with E-state index in [0.717, 1.165) is 13.4 Å². The first kappa shape index (κ1) is 14.0. The molecule has 0 radical (unpaired) electrons. The molecule has 0 N–H and O–H groups in total. The van der Waals surface area contributed by atoms with Crippen molar-refractivity contribution >= 4 is 27.1 Å². The molecule has 0 fully saturated rings. The molecule has 0 aliphatic carbocycles. The van der Waals surface area contributed by atoms with Gasteiger partial charge in [0, 0.05) is 6.26 Å². The van der Waals surface area contributed by atoms with E-state index in [9.17, 15) is 26.4 Å². The van der Waals surface area contributed by atoms with Crippen LogP contribution in [-0.2, 0) is 20.8 Å². The minimum Gasteiger partial charge on any atom is -0.465 e. The van der Waals surface area contributed by atoms with Crippen LogP contribution < -0.4 is 0 Å². The average Bonchev–Trinajstić information content (AvgIpc) is 2.59. The van der Waals surface area contributed by atoms with Crippen molar-refractivity contribution in [3.8, 4) is 0 Å². The van der Waals surface area contributed by atoms with Crippen LogP contribution in [0.15, 0.2) is 10.3 Å². The van der Waals surface area contributed by atoms with Crippen molar-refractivity contribution in [3.05, 3.63) is 16.5 Å². The van der Waals surface area contributed by atoms with Crippen molar-refractivity contribution in [1.82, 2.24) is 0 Å². The number of alkyl halides is 3. The Bertz CT molecular complexity index is 542. The summed E-state index contributed by atoms with van der Waals surface area (Å²) in [6.45, 7) is 0. The number of hydrogen-bond donors (Lipinski definition) is 0. The van der Waals surface area contributed by atoms with Crippen molar-refractivity contribution in [2.45, 2.75) is 10.4 Å². The van der Waals surface area contributed by atoms with E-state index in [1.807, 2.05) is 0 Å². The third-order valence-electron chi connectivity index (χ3n) is 1.72. The lowest BCUT2D eigenvalue weighted by Gasteiger charge is -2.00. The maximum atomic E-state index is 12.4. The third kappa shape index (κ3) is 2.97. The molecule has 4 nitrogen and oxygen atoms in total. The molecule has 1 heterocycles. The molecule has 9 heteroatoms. The Morgan fingerprint density at radius 3 is 2.29 bits per heavy atom. The Morgan fingerprint density at radius 1 is 1.41 bits per heavy atom. The largest absolute Gasteiger partial charge is 0.465 e. The fraction of sp³-hybridized carbons (Fsp3) is 0.375. The number of carbonyl (C=O) groups is 1. The van der Waals surface area contributed by atoms with E-state index in [1.54, 1.807) is 0 Å². The summed E-state index contributed by atoms with van der Waals surface area (Å²) in [6, 6.07) is 0.479. The second-order valence-corrected chi connectivity index (χ2v) is 6.34. The lowest BCUT2D eigenvalue weighted by molar-refractivity contribution is -0.134. The zero-order valence-electron chi connectivity index (χ0n) is 8.66. The van der Waals surface area contributed by atoms with Crippen molar-refractivity contribution in [2.75, 3.05) is 13.4 Å². The Hall–Kier alpha value is -1.09. The highest BCUT2D eigenvalue weighted by atomic mass is 32.2. The molecular weight excluding hydrogens is 281 g/mol. The van der Waals surface area contributed by atoms with Gasteiger partial charge in [0.25, 0.3) is 0 Å². The standard InChI is InChI=1S/C8H7F3O4S2/c1-15-6(12)4-3-5(8(9,10)11)16-7(4)17(2,13)14/h3H,1-2H3. The van der Waals surface area contributed by atoms with Crippen molar-refractivity contribution in [2.24, 2.45) is 0 Å². The molecule has 0 unspecified atom stereocenters. The van der Waals surface area contributed by atoms with Crippen LogP contribution in [-0.4, -0.2) is 27.8 Å². The minimum absolute atomic E-state index is 0.00329. The predicted molar refractivity (Wildman–Crippen MR) is 53.8 cm³/mol. The second-order valence-electron chi connectivity index (χ2n) is 3.07. The number of rotatable bonds is 2. The summed E-state index contributed by atoms with van der Waals surface area (Å²) < 4.78 is 63.3. The van der Waals surface area contributed by atoms with Gasteiger partial charge < -0.3 is 4.74 Å². The van der Waals surface area contributed by atoms with Crippen LogP contribution >= 0.6 is 11.3 Å². The minimum atomic E-state index is -4.70. The van der Waals surface area contributed by atoms with E-state index in [-0.39, 0.29) is 11.3 Å². The predicted octanol–water partition coefficient (Wildman–Crippen LogP) is 1.96. The van der Waals surface area contributed by atoms with Gasteiger partial charge in [-0.1, -0.05) is 0 Å². The summed E-state index contributed by atoms with van der Waals surface area (Å²) in [6.07, 6.45) is -3.97. The van der Waals surface area contributed by atoms with Gasteiger partial charge in [-0.05, 0) is 6.07 Å². The van der Waals surface area contributed by atoms with Crippen molar-refractivity contribution in [3.63, 3.8) is 0 Å². The smallest absolute Gasteiger partial charge is 0.425 e. The first-order valence-corrected chi connectivity index (χ1v) is 6.77. The highest BCUT2D eigenvalue weighted by Gasteiger charge is 2.37. The molecule has 1 aromatic rings. The molecule has 0 aromatic carbocycles. The summed E-state index contributed by atoms with van der Waals surface area (Å²) in [7, 11) is -2.95. The fourth-order valence-corrected chi connectivity index (χ4v) is 3.20. The molecule has 0 saturated carbocycles. The highest BCUT2D eigenvalue weighted by Crippen LogP contribution is 2.38. The lowest BCUT2D eigenvalue weighted by atomic mass is 10.3. The van der Waals surface area contributed by atoms with Crippen molar-refractivity contribution in [1.29, 1.82) is 0 Å². The molecule has 1 rings (SSSR count). The van der Waals surface area contributed by atoms with Gasteiger partial charge in [-0.25, -0.2) is 13.2 Å². The van der Waals surface area contributed by atoms with E-state index in [0.29, 0.717) is 6.07 Å². The molecule has 96 valence electrons. The lowest BCUT2D eigenvalue weighted by Crippen LogP contribution is -2.06. The van der Waals surface area contributed by atoms with Crippen LogP contribution in [0.4, 0.5) is 13.2 Å². The molecule has 0 aliphatic rings. The van der Waals surface area contributed by atoms with E-state index < -0.39 is 36.6 Å². The van der Waals surface area contributed by atoms with Crippen LogP contribution in [0.3, 0.4) is 0 Å². The topological polar surface area (TPSA) is 60.4 Å². The summed E-state index contributed by atoms with van der Waals surface area (Å²) in [5.41, 5.74) is -0.590. The van der Waals surface area contributed by atoms with Crippen LogP contribution in [0.1, 0.15) is 15.2 Å². The van der Waals surface area contributed by atoms with Gasteiger partial charge in [0.15, 0.2) is 9.84 Å². The third-order valence-corrected chi connectivity index (χ3v) is 4.75. The molecule has 0 atom stereocenters. The van der Waals surface area contributed by atoms with Gasteiger partial charge in [0.1, 0.15) is 9.09 Å². The SMILES string of the molecule is COC(=O)c1cc(C(F)(F)F)sc1S(C)(=O)=O. The molecule has 0 bridgehead atoms. The average molecular weight is 288 g/mol. The number of thiophene rings is 1. The quantitative estimate of drug-likeness (QED) is 0.780. The van der Waals surface area contributed by atoms with Crippen molar-refractivity contribution < 1.29 is 31.1 Å². The van der Waals surface area contributed by atoms with Gasteiger partial charge in [0.2, 0.25) is 0 Å². The summed E-state index contributed by atoms with van der Waals surface area (Å²) in [5, 5.41) is 0. The van der Waals surface area contributed by atoms with Gasteiger partial charge >= 0.3 is 12.1 Å². The Morgan fingerprint density at radius 2 is 1.94 bits per heavy atom. The number of sulfone groups is 1. The van der Waals surface area contributed by atoms with E-state index >= 15 is 0 Å². The number of esters is 1. The fourth-order valence-electron chi connectivity index (χ4n) is 1.04. The first-order chi connectivity index (χ1) is 7.57. The Balaban J connectivity index is 3.48. The maximum absolute atomic E-state index is 12.4. The van der Waals surface area contributed by atoms with Crippen LogP contribution in [0.25, 0.3) is 0 Å². The monoisotopic (exact) mass is 288 g/mol. The summed E-state index contributed by atoms with van der Waals surface area (Å²) >= 11 is 0.00329. The Labute approximate surface area is 98.9 Å². The van der Waals surface area contributed by atoms with E-state index in [2.05, 4.69) is 4.74 Å². The van der Waals surface area contributed by atoms with Gasteiger partial charge in [0.05, 0.1) is 12.7 Å². The van der Waals surface area contributed by atoms with E-state index in [4.69, 9.17) is 0 Å². The van der Waals surface area contributed by atoms with Crippen LogP contribution in [0.2, 0.25) is 0 Å². The van der Waals surface area contributed by atoms with Gasteiger partial charge in [-0.2, -0.15) is 13.2 Å². The molecule has 0 aliphatic heterocycles. The van der Waals surface area contributed by atoms with Crippen LogP contribution in [0, 0.1) is 0 Å². The molecule has 0 saturated heterocycles. The first-order valence-electron chi connectivity index (χ1n) is 4.06. The van der Waals surface area contributed by atoms with Gasteiger partial charge in [-0.15, -0.1) is 11.3 Å². The molecule has 17 heavy (non-hydrogen) atoms. The van der Waals surface area contributed by atoms with E-state index in [1.165, 1.54) is 0 Å². The number of hydrogen-bond acceptors (Lipinski definition) is 5. The second kappa shape index (κ2) is 4.30. The zero-order chi connectivity index (χ0) is 13.4. The Kier molecular flexibility index (Phi) is 3.53. The summed E-state index contributed by atoms with van der Waals surface area (Å²) in [4.78, 5) is 10.0. The van der Waals surface area contributed by atoms with Gasteiger partial charge in [-0.3, -0.25) is 0 Å². The van der Waals surface area contributed by atoms with Crippen LogP contribution in [0.5, 0.6) is 0 Å². The molecule has 0 spiro atoms. The number of methoxy groups -OCH3 is 1. The molecule has 1 aromatic heterocycles. The summed E-state index contributed by atoms with van der Waals surface area (Å²) in [5.74, 6) is -1.11. The molecule has 0 amide bonds. The highest BCUT2D eigenvalue weighted by molar-refractivity contribution is 7.92.